The Hall–Kier alpha value is -1.59. The maximum absolute atomic E-state index is 12.9. The number of unbranched alkanes of at least 4 members (excludes halogenated alkanes) is 24. The predicted molar refractivity (Wildman–Crippen MR) is 230 cm³/mol. The predicted octanol–water partition coefficient (Wildman–Crippen LogP) is 9.67. The Balaban J connectivity index is 2.38. The van der Waals surface area contributed by atoms with Crippen LogP contribution in [-0.4, -0.2) is 87.5 Å². The van der Waals surface area contributed by atoms with Gasteiger partial charge in [-0.25, -0.2) is 0 Å². The van der Waals surface area contributed by atoms with Crippen LogP contribution in [0.1, 0.15) is 200 Å². The molecule has 0 aromatic rings. The van der Waals surface area contributed by atoms with Gasteiger partial charge in [0.05, 0.1) is 25.4 Å². The van der Waals surface area contributed by atoms with E-state index in [4.69, 9.17) is 9.47 Å². The van der Waals surface area contributed by atoms with Crippen LogP contribution >= 0.6 is 0 Å². The van der Waals surface area contributed by atoms with Crippen LogP contribution in [0.5, 0.6) is 0 Å². The van der Waals surface area contributed by atoms with E-state index in [0.717, 1.165) is 51.4 Å². The molecule has 2 unspecified atom stereocenters. The largest absolute Gasteiger partial charge is 0.394 e. The highest BCUT2D eigenvalue weighted by Gasteiger charge is 2.44. The van der Waals surface area contributed by atoms with Gasteiger partial charge in [0.1, 0.15) is 24.4 Å². The molecule has 1 amide bonds. The van der Waals surface area contributed by atoms with E-state index in [-0.39, 0.29) is 12.5 Å². The third-order valence-corrected chi connectivity index (χ3v) is 10.9. The molecule has 0 bridgehead atoms. The molecule has 0 aromatic carbocycles. The third-order valence-electron chi connectivity index (χ3n) is 10.9. The zero-order chi connectivity index (χ0) is 40.9. The van der Waals surface area contributed by atoms with Crippen LogP contribution in [0, 0.1) is 0 Å². The van der Waals surface area contributed by atoms with Gasteiger partial charge in [-0.2, -0.15) is 0 Å². The Bertz CT molecular complexity index is 972. The van der Waals surface area contributed by atoms with Crippen molar-refractivity contribution in [2.24, 2.45) is 0 Å². The standard InChI is InChI=1S/C47H87NO8/c1-3-5-7-9-11-13-15-17-19-21-23-25-27-29-31-33-35-37-43(51)48-40(39-55-47-46(54)45(53)44(52)42(38-49)56-47)41(50)36-34-32-30-28-26-24-22-20-18-16-14-12-10-8-6-4-2/h17,19,26,28,34,36,40-42,44-47,49-50,52-54H,3-16,18,20-25,27,29-33,35,37-39H2,1-2H3,(H,48,51)/b19-17+,28-26+,36-34+/t40-,41+,42-,44-,45?,46?,47-/m0/s1. The minimum atomic E-state index is -1.57. The highest BCUT2D eigenvalue weighted by atomic mass is 16.7. The van der Waals surface area contributed by atoms with Crippen molar-refractivity contribution in [3.05, 3.63) is 36.5 Å². The average Bonchev–Trinajstić information content (AvgIpc) is 3.20. The lowest BCUT2D eigenvalue weighted by Crippen LogP contribution is -2.60. The summed E-state index contributed by atoms with van der Waals surface area (Å²) in [4.78, 5) is 12.9. The molecule has 9 nitrogen and oxygen atoms in total. The number of carbonyl (C=O) groups excluding carboxylic acids is 1. The van der Waals surface area contributed by atoms with Crippen molar-refractivity contribution in [2.75, 3.05) is 13.2 Å². The summed E-state index contributed by atoms with van der Waals surface area (Å²) in [5, 5.41) is 54.2. The van der Waals surface area contributed by atoms with E-state index in [2.05, 4.69) is 43.5 Å². The smallest absolute Gasteiger partial charge is 0.220 e. The average molecular weight is 794 g/mol. The van der Waals surface area contributed by atoms with Gasteiger partial charge in [-0.3, -0.25) is 4.79 Å². The van der Waals surface area contributed by atoms with Crippen molar-refractivity contribution >= 4 is 5.91 Å². The molecule has 1 saturated heterocycles. The van der Waals surface area contributed by atoms with E-state index in [1.165, 1.54) is 128 Å². The SMILES string of the molecule is CCCCCCCC/C=C/CCCCCCCCCC(=O)N[C@@H](CO[C@H]1O[C@@H](CO)[C@H](O)C(O)C1O)[C@H](O)/C=C/CC/C=C/CCCCCCCCCCCC. The van der Waals surface area contributed by atoms with Gasteiger partial charge in [0.25, 0.3) is 0 Å². The van der Waals surface area contributed by atoms with Gasteiger partial charge in [-0.1, -0.05) is 172 Å². The maximum Gasteiger partial charge on any atom is 0.220 e. The van der Waals surface area contributed by atoms with Crippen molar-refractivity contribution in [3.8, 4) is 0 Å². The van der Waals surface area contributed by atoms with Gasteiger partial charge in [-0.05, 0) is 57.8 Å². The number of aliphatic hydroxyl groups excluding tert-OH is 5. The van der Waals surface area contributed by atoms with E-state index in [9.17, 15) is 30.3 Å². The van der Waals surface area contributed by atoms with Crippen LogP contribution in [0.15, 0.2) is 36.5 Å². The minimum Gasteiger partial charge on any atom is -0.394 e. The summed E-state index contributed by atoms with van der Waals surface area (Å²) in [7, 11) is 0. The molecule has 56 heavy (non-hydrogen) atoms. The van der Waals surface area contributed by atoms with Gasteiger partial charge < -0.3 is 40.3 Å². The van der Waals surface area contributed by atoms with E-state index < -0.39 is 49.5 Å². The summed E-state index contributed by atoms with van der Waals surface area (Å²) >= 11 is 0. The van der Waals surface area contributed by atoms with Crippen molar-refractivity contribution in [1.29, 1.82) is 0 Å². The van der Waals surface area contributed by atoms with Gasteiger partial charge in [0.15, 0.2) is 6.29 Å². The van der Waals surface area contributed by atoms with Gasteiger partial charge in [0, 0.05) is 6.42 Å². The van der Waals surface area contributed by atoms with E-state index in [1.54, 1.807) is 6.08 Å². The summed E-state index contributed by atoms with van der Waals surface area (Å²) in [5.41, 5.74) is 0. The molecule has 9 heteroatoms. The minimum absolute atomic E-state index is 0.192. The molecule has 0 aromatic heterocycles. The molecule has 7 atom stereocenters. The monoisotopic (exact) mass is 794 g/mol. The van der Waals surface area contributed by atoms with Crippen LogP contribution in [0.3, 0.4) is 0 Å². The fourth-order valence-corrected chi connectivity index (χ4v) is 7.17. The Labute approximate surface area is 342 Å². The number of hydrogen-bond acceptors (Lipinski definition) is 8. The summed E-state index contributed by atoms with van der Waals surface area (Å²) in [6.07, 6.45) is 39.0. The first-order valence-electron chi connectivity index (χ1n) is 23.2. The normalized spacial score (nSPS) is 21.4. The summed E-state index contributed by atoms with van der Waals surface area (Å²) in [5.74, 6) is -0.192. The number of nitrogens with one attached hydrogen (secondary N) is 1. The van der Waals surface area contributed by atoms with E-state index in [0.29, 0.717) is 6.42 Å². The molecule has 0 aliphatic carbocycles. The number of hydrogen-bond donors (Lipinski definition) is 6. The molecule has 0 radical (unpaired) electrons. The van der Waals surface area contributed by atoms with Gasteiger partial charge in [-0.15, -0.1) is 0 Å². The lowest BCUT2D eigenvalue weighted by molar-refractivity contribution is -0.302. The molecule has 1 aliphatic rings. The Morgan fingerprint density at radius 3 is 1.50 bits per heavy atom. The molecular formula is C47H87NO8. The van der Waals surface area contributed by atoms with Crippen LogP contribution in [0.25, 0.3) is 0 Å². The number of rotatable bonds is 38. The lowest BCUT2D eigenvalue weighted by atomic mass is 9.99. The van der Waals surface area contributed by atoms with Gasteiger partial charge >= 0.3 is 0 Å². The second-order valence-corrected chi connectivity index (χ2v) is 16.2. The Kier molecular flexibility index (Phi) is 35.3. The molecule has 328 valence electrons. The third kappa shape index (κ3) is 27.9. The summed E-state index contributed by atoms with van der Waals surface area (Å²) < 4.78 is 11.2. The molecular weight excluding hydrogens is 707 g/mol. The molecule has 1 rings (SSSR count). The molecule has 1 heterocycles. The number of ether oxygens (including phenoxy) is 2. The fraction of sp³-hybridized carbons (Fsp3) is 0.851. The van der Waals surface area contributed by atoms with Crippen molar-refractivity contribution in [1.82, 2.24) is 5.32 Å². The van der Waals surface area contributed by atoms with Crippen LogP contribution in [0.4, 0.5) is 0 Å². The molecule has 1 fully saturated rings. The molecule has 1 aliphatic heterocycles. The first kappa shape index (κ1) is 52.4. The molecule has 0 spiro atoms. The first-order chi connectivity index (χ1) is 27.3. The first-order valence-corrected chi connectivity index (χ1v) is 23.2. The van der Waals surface area contributed by atoms with Crippen LogP contribution < -0.4 is 5.32 Å². The van der Waals surface area contributed by atoms with Crippen molar-refractivity contribution < 1.29 is 39.8 Å². The topological polar surface area (TPSA) is 149 Å². The van der Waals surface area contributed by atoms with Crippen LogP contribution in [0.2, 0.25) is 0 Å². The number of allylic oxidation sites excluding steroid dienone is 5. The van der Waals surface area contributed by atoms with E-state index in [1.807, 2.05) is 6.08 Å². The second-order valence-electron chi connectivity index (χ2n) is 16.2. The van der Waals surface area contributed by atoms with E-state index >= 15 is 0 Å². The maximum atomic E-state index is 12.9. The number of carbonyl (C=O) groups is 1. The second kappa shape index (κ2) is 37.7. The highest BCUT2D eigenvalue weighted by Crippen LogP contribution is 2.22. The molecule has 0 saturated carbocycles. The summed E-state index contributed by atoms with van der Waals surface area (Å²) in [6.45, 7) is 3.74. The van der Waals surface area contributed by atoms with Crippen LogP contribution in [-0.2, 0) is 14.3 Å². The van der Waals surface area contributed by atoms with Crippen molar-refractivity contribution in [2.45, 2.75) is 243 Å². The lowest BCUT2D eigenvalue weighted by Gasteiger charge is -2.40. The zero-order valence-electron chi connectivity index (χ0n) is 35.9. The number of amides is 1. The quantitative estimate of drug-likeness (QED) is 0.0268. The number of aliphatic hydroxyl groups is 5. The van der Waals surface area contributed by atoms with Crippen molar-refractivity contribution in [3.63, 3.8) is 0 Å². The summed E-state index contributed by atoms with van der Waals surface area (Å²) in [6, 6.07) is -0.821. The zero-order valence-corrected chi connectivity index (χ0v) is 35.9. The fourth-order valence-electron chi connectivity index (χ4n) is 7.17. The molecule has 6 N–H and O–H groups in total. The Morgan fingerprint density at radius 2 is 1.02 bits per heavy atom. The Morgan fingerprint density at radius 1 is 0.589 bits per heavy atom. The van der Waals surface area contributed by atoms with Gasteiger partial charge in [0.2, 0.25) is 5.91 Å². The highest BCUT2D eigenvalue weighted by molar-refractivity contribution is 5.76.